The number of methoxy groups -OCH3 is 2. The van der Waals surface area contributed by atoms with Crippen LogP contribution in [-0.2, 0) is 26.5 Å². The maximum atomic E-state index is 5.86. The second kappa shape index (κ2) is 15.9. The zero-order valence-electron chi connectivity index (χ0n) is 19.3. The molecule has 1 aromatic rings. The maximum absolute atomic E-state index is 5.86. The fourth-order valence-electron chi connectivity index (χ4n) is 4.21. The van der Waals surface area contributed by atoms with Crippen molar-refractivity contribution in [1.29, 1.82) is 0 Å². The SMILES string of the molecule is COC[C@@H]1CCCN1C[C]1[CH][CH][CH][C]1[Se]C(C)C(OC)c1ccccc1.[CH]1[CH][CH][CH][CH]1.[Fe+2]. The normalized spacial score (nSPS) is 24.0. The molecule has 2 unspecified atom stereocenters. The van der Waals surface area contributed by atoms with Crippen LogP contribution >= 0.6 is 0 Å². The Kier molecular flexibility index (Phi) is 14.1. The molecule has 1 aromatic carbocycles. The summed E-state index contributed by atoms with van der Waals surface area (Å²) in [5.74, 6) is 1.49. The summed E-state index contributed by atoms with van der Waals surface area (Å²) in [4.78, 5) is 4.60. The second-order valence-corrected chi connectivity index (χ2v) is 11.0. The first-order chi connectivity index (χ1) is 15.2. The average molecular weight is 540 g/mol. The molecule has 3 aliphatic rings. The van der Waals surface area contributed by atoms with E-state index in [1.807, 2.05) is 46.3 Å². The molecule has 0 N–H and O–H groups in total. The van der Waals surface area contributed by atoms with Gasteiger partial charge in [0.15, 0.2) is 0 Å². The Morgan fingerprint density at radius 1 is 1.00 bits per heavy atom. The minimum Gasteiger partial charge on any atom is -0.0312 e. The summed E-state index contributed by atoms with van der Waals surface area (Å²) < 4.78 is 11.3. The van der Waals surface area contributed by atoms with Crippen LogP contribution in [-0.4, -0.2) is 59.8 Å². The molecular formula is C27H35FeNO2Se+2. The van der Waals surface area contributed by atoms with Crippen molar-refractivity contribution in [2.75, 3.05) is 33.9 Å². The Morgan fingerprint density at radius 2 is 1.69 bits per heavy atom. The van der Waals surface area contributed by atoms with Crippen LogP contribution in [0, 0.1) is 62.1 Å². The number of rotatable bonds is 9. The number of benzene rings is 1. The van der Waals surface area contributed by atoms with Crippen molar-refractivity contribution in [2.24, 2.45) is 0 Å². The van der Waals surface area contributed by atoms with Crippen LogP contribution in [0.2, 0.25) is 4.82 Å². The molecular weight excluding hydrogens is 505 g/mol. The van der Waals surface area contributed by atoms with E-state index in [-0.39, 0.29) is 23.2 Å². The molecule has 5 heteroatoms. The van der Waals surface area contributed by atoms with E-state index < -0.39 is 0 Å². The van der Waals surface area contributed by atoms with Crippen LogP contribution in [0.25, 0.3) is 0 Å². The Labute approximate surface area is 214 Å². The van der Waals surface area contributed by atoms with Crippen molar-refractivity contribution in [2.45, 2.75) is 36.7 Å². The molecule has 0 spiro atoms. The molecule has 32 heavy (non-hydrogen) atoms. The molecule has 2 saturated carbocycles. The van der Waals surface area contributed by atoms with Crippen LogP contribution in [0.15, 0.2) is 30.3 Å². The topological polar surface area (TPSA) is 21.7 Å². The summed E-state index contributed by atoms with van der Waals surface area (Å²) in [6.45, 7) is 5.40. The Morgan fingerprint density at radius 3 is 2.31 bits per heavy atom. The summed E-state index contributed by atoms with van der Waals surface area (Å²) in [5.41, 5.74) is 1.28. The molecule has 1 aliphatic heterocycles. The van der Waals surface area contributed by atoms with Gasteiger partial charge < -0.3 is 0 Å². The summed E-state index contributed by atoms with van der Waals surface area (Å²) in [7, 11) is 3.64. The van der Waals surface area contributed by atoms with E-state index >= 15 is 0 Å². The van der Waals surface area contributed by atoms with E-state index in [9.17, 15) is 0 Å². The van der Waals surface area contributed by atoms with Crippen molar-refractivity contribution >= 4 is 15.0 Å². The van der Waals surface area contributed by atoms with Crippen LogP contribution < -0.4 is 0 Å². The van der Waals surface area contributed by atoms with Crippen molar-refractivity contribution in [1.82, 2.24) is 4.90 Å². The van der Waals surface area contributed by atoms with Gasteiger partial charge in [0, 0.05) is 0 Å². The summed E-state index contributed by atoms with van der Waals surface area (Å²) >= 11 is 0.381. The van der Waals surface area contributed by atoms with Crippen molar-refractivity contribution in [3.8, 4) is 0 Å². The molecule has 1 heterocycles. The molecule has 0 aromatic heterocycles. The van der Waals surface area contributed by atoms with Crippen LogP contribution in [0.3, 0.4) is 0 Å². The third kappa shape index (κ3) is 8.73. The third-order valence-corrected chi connectivity index (χ3v) is 8.44. The number of hydrogen-bond donors (Lipinski definition) is 0. The predicted octanol–water partition coefficient (Wildman–Crippen LogP) is 4.75. The van der Waals surface area contributed by atoms with Crippen molar-refractivity contribution < 1.29 is 26.5 Å². The standard InChI is InChI=1S/C22H30NO2Se.C5H5.Fe/c1-17(22(25-3)18-9-5-4-6-10-18)26-21-13-7-11-19(21)15-23-14-8-12-20(23)16-24-2;1-2-4-5-3-1;/h4-7,9-11,13,17,20,22H,8,12,14-16H2,1-3H3;1-5H;/q;;+2/t17?,20-,22?;;/m0../s1. The van der Waals surface area contributed by atoms with E-state index in [4.69, 9.17) is 9.47 Å². The number of ether oxygens (including phenoxy) is 2. The van der Waals surface area contributed by atoms with Gasteiger partial charge in [0.25, 0.3) is 0 Å². The van der Waals surface area contributed by atoms with Gasteiger partial charge in [0.1, 0.15) is 0 Å². The third-order valence-electron chi connectivity index (χ3n) is 5.77. The maximum Gasteiger partial charge on any atom is 2.00 e. The number of nitrogens with zero attached hydrogens (tertiary/aromatic N) is 1. The number of hydrogen-bond acceptors (Lipinski definition) is 3. The summed E-state index contributed by atoms with van der Waals surface area (Å²) in [6.07, 6.45) is 19.5. The molecule has 10 radical (unpaired) electrons. The van der Waals surface area contributed by atoms with Gasteiger partial charge in [-0.25, -0.2) is 0 Å². The summed E-state index contributed by atoms with van der Waals surface area (Å²) in [6, 6.07) is 11.2. The van der Waals surface area contributed by atoms with E-state index in [0.717, 1.165) is 13.2 Å². The monoisotopic (exact) mass is 541 g/mol. The molecule has 172 valence electrons. The van der Waals surface area contributed by atoms with Gasteiger partial charge in [-0.15, -0.1) is 0 Å². The fourth-order valence-corrected chi connectivity index (χ4v) is 6.80. The van der Waals surface area contributed by atoms with Gasteiger partial charge in [-0.05, 0) is 32.1 Å². The summed E-state index contributed by atoms with van der Waals surface area (Å²) in [5, 5.41) is 0. The molecule has 1 saturated heterocycles. The van der Waals surface area contributed by atoms with Crippen LogP contribution in [0.1, 0.15) is 31.4 Å². The van der Waals surface area contributed by atoms with Gasteiger partial charge in [0.05, 0.1) is 0 Å². The predicted molar refractivity (Wildman–Crippen MR) is 129 cm³/mol. The Hall–Kier alpha value is 0.139. The van der Waals surface area contributed by atoms with Gasteiger partial charge in [-0.2, -0.15) is 0 Å². The van der Waals surface area contributed by atoms with E-state index in [0.29, 0.717) is 25.8 Å². The average Bonchev–Trinajstić information content (AvgIpc) is 3.56. The van der Waals surface area contributed by atoms with Gasteiger partial charge in [0.2, 0.25) is 0 Å². The smallest absolute Gasteiger partial charge is 0.0312 e. The zero-order chi connectivity index (χ0) is 21.9. The molecule has 2 aliphatic carbocycles. The zero-order valence-corrected chi connectivity index (χ0v) is 22.1. The Bertz CT molecular complexity index is 593. The first-order valence-electron chi connectivity index (χ1n) is 11.1. The molecule has 3 atom stereocenters. The van der Waals surface area contributed by atoms with Gasteiger partial charge >= 0.3 is 183 Å². The molecule has 0 amide bonds. The Balaban J connectivity index is 0.000000534. The van der Waals surface area contributed by atoms with Crippen molar-refractivity contribution in [3.05, 3.63) is 98.0 Å². The molecule has 4 rings (SSSR count). The van der Waals surface area contributed by atoms with Crippen molar-refractivity contribution in [3.63, 3.8) is 0 Å². The van der Waals surface area contributed by atoms with Gasteiger partial charge in [-0.3, -0.25) is 0 Å². The first-order valence-corrected chi connectivity index (χ1v) is 13.0. The van der Waals surface area contributed by atoms with E-state index in [1.54, 1.807) is 0 Å². The first kappa shape index (κ1) is 28.4. The fraction of sp³-hybridized carbons (Fsp3) is 0.407. The van der Waals surface area contributed by atoms with E-state index in [2.05, 4.69) is 61.4 Å². The van der Waals surface area contributed by atoms with E-state index in [1.165, 1.54) is 35.7 Å². The van der Waals surface area contributed by atoms with Crippen LogP contribution in [0.4, 0.5) is 0 Å². The quantitative estimate of drug-likeness (QED) is 0.423. The largest absolute Gasteiger partial charge is 2.00 e. The molecule has 3 fully saturated rings. The minimum atomic E-state index is 0. The van der Waals surface area contributed by atoms with Crippen LogP contribution in [0.5, 0.6) is 0 Å². The van der Waals surface area contributed by atoms with Gasteiger partial charge in [-0.1, -0.05) is 0 Å². The molecule has 0 bridgehead atoms. The minimum absolute atomic E-state index is 0. The second-order valence-electron chi connectivity index (χ2n) is 7.99. The number of likely N-dealkylation sites (tertiary alicyclic amines) is 1. The molecule has 3 nitrogen and oxygen atoms in total.